The third kappa shape index (κ3) is 5.48. The van der Waals surface area contributed by atoms with Crippen LogP contribution in [0.2, 0.25) is 0 Å². The Morgan fingerprint density at radius 2 is 2.20 bits per heavy atom. The van der Waals surface area contributed by atoms with E-state index in [1.165, 1.54) is 24.3 Å². The van der Waals surface area contributed by atoms with Crippen LogP contribution in [0.5, 0.6) is 5.75 Å². The maximum Gasteiger partial charge on any atom is 0.446 e. The van der Waals surface area contributed by atoms with Crippen molar-refractivity contribution in [3.05, 3.63) is 29.8 Å². The molecule has 0 aromatic heterocycles. The van der Waals surface area contributed by atoms with Crippen molar-refractivity contribution in [3.63, 3.8) is 0 Å². The molecule has 1 aromatic rings. The summed E-state index contributed by atoms with van der Waals surface area (Å²) in [6.45, 7) is -0.730. The lowest BCUT2D eigenvalue weighted by Crippen LogP contribution is -2.24. The van der Waals surface area contributed by atoms with E-state index in [9.17, 15) is 8.42 Å². The molecule has 0 unspecified atom stereocenters. The lowest BCUT2D eigenvalue weighted by molar-refractivity contribution is 0.301. The maximum atomic E-state index is 10.9. The Morgan fingerprint density at radius 1 is 1.50 bits per heavy atom. The van der Waals surface area contributed by atoms with Crippen LogP contribution in [-0.4, -0.2) is 38.5 Å². The van der Waals surface area contributed by atoms with Crippen molar-refractivity contribution in [1.82, 2.24) is 4.90 Å². The van der Waals surface area contributed by atoms with E-state index < -0.39 is 35.5 Å². The van der Waals surface area contributed by atoms with Crippen molar-refractivity contribution in [2.24, 2.45) is 5.92 Å². The van der Waals surface area contributed by atoms with Crippen molar-refractivity contribution >= 4 is 10.4 Å². The zero-order valence-electron chi connectivity index (χ0n) is 16.7. The predicted molar refractivity (Wildman–Crippen MR) is 79.4 cm³/mol. The van der Waals surface area contributed by atoms with Gasteiger partial charge in [-0.2, -0.15) is 8.42 Å². The zero-order valence-corrected chi connectivity index (χ0v) is 12.5. The molecule has 0 aliphatic rings. The second-order valence-electron chi connectivity index (χ2n) is 4.95. The van der Waals surface area contributed by atoms with Gasteiger partial charge in [0.1, 0.15) is 5.75 Å². The molecule has 0 amide bonds. The fourth-order valence-electron chi connectivity index (χ4n) is 2.12. The summed E-state index contributed by atoms with van der Waals surface area (Å²) < 4.78 is 74.0. The number of nitrogens with zero attached hydrogens (tertiary/aromatic N) is 1. The third-order valence-electron chi connectivity index (χ3n) is 2.80. The molecule has 0 fully saturated rings. The van der Waals surface area contributed by atoms with Crippen molar-refractivity contribution < 1.29 is 24.0 Å². The Bertz CT molecular complexity index is 691. The van der Waals surface area contributed by atoms with E-state index in [2.05, 4.69) is 4.18 Å². The van der Waals surface area contributed by atoms with Crippen LogP contribution in [0.15, 0.2) is 24.3 Å². The SMILES string of the molecule is [2H]C([2H])([2H])C([2H])([2H])[C@@H](c1cccc(OS(=O)(=O)O)c1)[C@@H](C)CN(C)C. The van der Waals surface area contributed by atoms with Gasteiger partial charge in [0.05, 0.1) is 0 Å². The van der Waals surface area contributed by atoms with Gasteiger partial charge in [0, 0.05) is 13.4 Å². The van der Waals surface area contributed by atoms with Gasteiger partial charge < -0.3 is 9.08 Å². The van der Waals surface area contributed by atoms with Crippen molar-refractivity contribution in [2.75, 3.05) is 20.6 Å². The molecule has 6 heteroatoms. The van der Waals surface area contributed by atoms with Crippen LogP contribution in [0.4, 0.5) is 0 Å². The molecule has 1 aromatic carbocycles. The summed E-state index contributed by atoms with van der Waals surface area (Å²) in [6.07, 6.45) is -2.56. The summed E-state index contributed by atoms with van der Waals surface area (Å²) in [5.41, 5.74) is 0.275. The van der Waals surface area contributed by atoms with Crippen LogP contribution in [-0.2, 0) is 10.4 Å². The Hall–Kier alpha value is -1.11. The molecule has 0 saturated carbocycles. The van der Waals surface area contributed by atoms with Crippen LogP contribution >= 0.6 is 0 Å². The molecule has 114 valence electrons. The van der Waals surface area contributed by atoms with Gasteiger partial charge in [-0.25, -0.2) is 0 Å². The summed E-state index contributed by atoms with van der Waals surface area (Å²) in [5, 5.41) is 0. The highest BCUT2D eigenvalue weighted by Gasteiger charge is 2.19. The molecular formula is C14H23NO4S. The zero-order chi connectivity index (χ0) is 19.6. The molecule has 1 N–H and O–H groups in total. The van der Waals surface area contributed by atoms with Crippen LogP contribution in [0.25, 0.3) is 0 Å². The fourth-order valence-corrected chi connectivity index (χ4v) is 2.46. The monoisotopic (exact) mass is 306 g/mol. The molecule has 0 aliphatic heterocycles. The maximum absolute atomic E-state index is 10.9. The molecule has 20 heavy (non-hydrogen) atoms. The van der Waals surface area contributed by atoms with E-state index in [4.69, 9.17) is 11.4 Å². The minimum atomic E-state index is -4.74. The van der Waals surface area contributed by atoms with E-state index in [0.29, 0.717) is 6.54 Å². The van der Waals surface area contributed by atoms with Gasteiger partial charge in [0.2, 0.25) is 0 Å². The van der Waals surface area contributed by atoms with E-state index in [-0.39, 0.29) is 11.3 Å². The van der Waals surface area contributed by atoms with Gasteiger partial charge in [0.25, 0.3) is 0 Å². The second kappa shape index (κ2) is 7.06. The summed E-state index contributed by atoms with van der Waals surface area (Å²) in [7, 11) is -1.16. The molecule has 0 heterocycles. The van der Waals surface area contributed by atoms with Crippen molar-refractivity contribution in [2.45, 2.75) is 26.1 Å². The second-order valence-corrected chi connectivity index (χ2v) is 5.97. The summed E-state index contributed by atoms with van der Waals surface area (Å²) in [6, 6.07) is 5.43. The highest BCUT2D eigenvalue weighted by Crippen LogP contribution is 2.30. The Balaban J connectivity index is 3.40. The van der Waals surface area contributed by atoms with Gasteiger partial charge in [0.15, 0.2) is 0 Å². The van der Waals surface area contributed by atoms with E-state index in [0.717, 1.165) is 0 Å². The average Bonchev–Trinajstić information content (AvgIpc) is 2.34. The number of rotatable bonds is 7. The van der Waals surface area contributed by atoms with Gasteiger partial charge >= 0.3 is 10.4 Å². The topological polar surface area (TPSA) is 66.8 Å². The predicted octanol–water partition coefficient (Wildman–Crippen LogP) is 2.56. The molecule has 5 nitrogen and oxygen atoms in total. The first kappa shape index (κ1) is 10.6. The Kier molecular flexibility index (Phi) is 3.74. The highest BCUT2D eigenvalue weighted by molar-refractivity contribution is 7.81. The molecule has 0 aliphatic carbocycles. The minimum Gasteiger partial charge on any atom is -0.362 e. The molecular weight excluding hydrogens is 278 g/mol. The normalized spacial score (nSPS) is 20.1. The van der Waals surface area contributed by atoms with Crippen LogP contribution in [0, 0.1) is 5.92 Å². The van der Waals surface area contributed by atoms with Crippen molar-refractivity contribution in [1.29, 1.82) is 0 Å². The first-order valence-electron chi connectivity index (χ1n) is 8.57. The number of hydrogen-bond donors (Lipinski definition) is 1. The van der Waals surface area contributed by atoms with Gasteiger partial charge in [-0.15, -0.1) is 0 Å². The largest absolute Gasteiger partial charge is 0.446 e. The van der Waals surface area contributed by atoms with E-state index in [1.54, 1.807) is 21.0 Å². The first-order valence-corrected chi connectivity index (χ1v) is 7.43. The Labute approximate surface area is 128 Å². The van der Waals surface area contributed by atoms with Gasteiger partial charge in [-0.1, -0.05) is 25.9 Å². The van der Waals surface area contributed by atoms with Crippen molar-refractivity contribution in [3.8, 4) is 5.75 Å². The molecule has 0 radical (unpaired) electrons. The fraction of sp³-hybridized carbons (Fsp3) is 0.571. The molecule has 2 atom stereocenters. The molecule has 0 spiro atoms. The lowest BCUT2D eigenvalue weighted by Gasteiger charge is -2.26. The number of hydrogen-bond acceptors (Lipinski definition) is 4. The smallest absolute Gasteiger partial charge is 0.362 e. The molecule has 0 saturated heterocycles. The Morgan fingerprint density at radius 3 is 2.75 bits per heavy atom. The van der Waals surface area contributed by atoms with E-state index in [1.807, 2.05) is 4.90 Å². The summed E-state index contributed by atoms with van der Waals surface area (Å²) >= 11 is 0. The lowest BCUT2D eigenvalue weighted by atomic mass is 9.85. The van der Waals surface area contributed by atoms with E-state index >= 15 is 0 Å². The molecule has 1 rings (SSSR count). The van der Waals surface area contributed by atoms with Gasteiger partial charge in [-0.05, 0) is 50.0 Å². The average molecular weight is 306 g/mol. The van der Waals surface area contributed by atoms with Crippen LogP contribution in [0.3, 0.4) is 0 Å². The number of benzene rings is 1. The van der Waals surface area contributed by atoms with Crippen LogP contribution in [0.1, 0.15) is 38.5 Å². The van der Waals surface area contributed by atoms with Gasteiger partial charge in [-0.3, -0.25) is 4.55 Å². The molecule has 0 bridgehead atoms. The quantitative estimate of drug-likeness (QED) is 0.784. The third-order valence-corrected chi connectivity index (χ3v) is 3.20. The van der Waals surface area contributed by atoms with Crippen LogP contribution < -0.4 is 4.18 Å². The summed E-state index contributed by atoms with van der Waals surface area (Å²) in [4.78, 5) is 1.81. The minimum absolute atomic E-state index is 0.219. The summed E-state index contributed by atoms with van der Waals surface area (Å²) in [5.74, 6) is -1.66. The standard InChI is InChI=1S/C14H23NO4S/c1-5-14(11(2)10-15(3)4)12-7-6-8-13(9-12)19-20(16,17)18/h6-9,11,14H,5,10H2,1-4H3,(H,16,17,18)/t11-,14+/m0/s1/i1D3,5D2. The first-order chi connectivity index (χ1) is 11.1. The highest BCUT2D eigenvalue weighted by atomic mass is 32.3.